The maximum absolute atomic E-state index is 13.5. The van der Waals surface area contributed by atoms with Gasteiger partial charge in [-0.3, -0.25) is 9.40 Å². The Labute approximate surface area is 120 Å². The number of benzene rings is 1. The molecule has 0 spiro atoms. The van der Waals surface area contributed by atoms with Gasteiger partial charge in [0.15, 0.2) is 0 Å². The highest BCUT2D eigenvalue weighted by Gasteiger charge is 2.22. The average Bonchev–Trinajstić information content (AvgIpc) is 2.87. The van der Waals surface area contributed by atoms with Crippen LogP contribution in [0.25, 0.3) is 0 Å². The largest absolute Gasteiger partial charge is 0.478 e. The van der Waals surface area contributed by atoms with E-state index in [1.54, 1.807) is 6.92 Å². The number of aryl methyl sites for hydroxylation is 1. The molecule has 0 saturated heterocycles. The molecular weight excluding hydrogens is 301 g/mol. The summed E-state index contributed by atoms with van der Waals surface area (Å²) in [5, 5.41) is 12.8. The number of aromatic carboxylic acids is 1. The maximum Gasteiger partial charge on any atom is 0.340 e. The van der Waals surface area contributed by atoms with Gasteiger partial charge in [-0.2, -0.15) is 5.10 Å². The highest BCUT2D eigenvalue weighted by atomic mass is 32.2. The number of carbonyl (C=O) groups is 1. The lowest BCUT2D eigenvalue weighted by molar-refractivity contribution is 0.0693. The van der Waals surface area contributed by atoms with Gasteiger partial charge in [0.05, 0.1) is 11.9 Å². The second kappa shape index (κ2) is 5.52. The molecule has 2 rings (SSSR count). The molecular formula is C12H12FN3O4S. The van der Waals surface area contributed by atoms with Crippen LogP contribution in [-0.2, 0) is 16.6 Å². The molecule has 2 N–H and O–H groups in total. The van der Waals surface area contributed by atoms with Crippen molar-refractivity contribution in [3.8, 4) is 0 Å². The number of carboxylic acids is 1. The first kappa shape index (κ1) is 15.0. The van der Waals surface area contributed by atoms with E-state index in [0.29, 0.717) is 6.54 Å². The molecule has 0 aliphatic rings. The lowest BCUT2D eigenvalue weighted by Gasteiger charge is -2.09. The molecule has 0 saturated carbocycles. The molecule has 2 aromatic rings. The van der Waals surface area contributed by atoms with E-state index in [4.69, 9.17) is 5.11 Å². The van der Waals surface area contributed by atoms with Crippen molar-refractivity contribution in [2.24, 2.45) is 0 Å². The molecule has 0 bridgehead atoms. The van der Waals surface area contributed by atoms with Crippen molar-refractivity contribution in [2.45, 2.75) is 18.4 Å². The van der Waals surface area contributed by atoms with Crippen molar-refractivity contribution in [3.63, 3.8) is 0 Å². The monoisotopic (exact) mass is 313 g/mol. The minimum absolute atomic E-state index is 0.134. The van der Waals surface area contributed by atoms with Gasteiger partial charge in [0.1, 0.15) is 16.3 Å². The van der Waals surface area contributed by atoms with Crippen LogP contribution in [0.5, 0.6) is 0 Å². The third kappa shape index (κ3) is 3.02. The van der Waals surface area contributed by atoms with Gasteiger partial charge in [-0.1, -0.05) is 6.07 Å². The summed E-state index contributed by atoms with van der Waals surface area (Å²) in [7, 11) is -4.04. The van der Waals surface area contributed by atoms with Crippen LogP contribution in [0.1, 0.15) is 17.3 Å². The normalized spacial score (nSPS) is 11.3. The van der Waals surface area contributed by atoms with Crippen molar-refractivity contribution < 1.29 is 22.7 Å². The van der Waals surface area contributed by atoms with Crippen molar-refractivity contribution in [1.82, 2.24) is 9.78 Å². The number of hydrogen-bond acceptors (Lipinski definition) is 4. The van der Waals surface area contributed by atoms with E-state index in [1.165, 1.54) is 23.0 Å². The number of aromatic nitrogens is 2. The molecule has 0 unspecified atom stereocenters. The molecule has 21 heavy (non-hydrogen) atoms. The topological polar surface area (TPSA) is 101 Å². The molecule has 0 aliphatic heterocycles. The summed E-state index contributed by atoms with van der Waals surface area (Å²) in [6.45, 7) is 2.27. The highest BCUT2D eigenvalue weighted by molar-refractivity contribution is 7.92. The highest BCUT2D eigenvalue weighted by Crippen LogP contribution is 2.22. The second-order valence-electron chi connectivity index (χ2n) is 4.10. The Morgan fingerprint density at radius 2 is 2.19 bits per heavy atom. The van der Waals surface area contributed by atoms with E-state index >= 15 is 0 Å². The quantitative estimate of drug-likeness (QED) is 0.872. The fraction of sp³-hybridized carbons (Fsp3) is 0.167. The van der Waals surface area contributed by atoms with E-state index in [-0.39, 0.29) is 10.6 Å². The molecule has 0 amide bonds. The van der Waals surface area contributed by atoms with Crippen LogP contribution in [-0.4, -0.2) is 29.3 Å². The maximum atomic E-state index is 13.5. The van der Waals surface area contributed by atoms with Gasteiger partial charge in [0, 0.05) is 12.7 Å². The molecule has 112 valence electrons. The summed E-state index contributed by atoms with van der Waals surface area (Å²) in [6, 6.07) is 3.33. The van der Waals surface area contributed by atoms with Gasteiger partial charge in [0.2, 0.25) is 0 Å². The summed E-state index contributed by atoms with van der Waals surface area (Å²) < 4.78 is 41.2. The minimum atomic E-state index is -4.04. The number of hydrogen-bond donors (Lipinski definition) is 2. The smallest absolute Gasteiger partial charge is 0.340 e. The minimum Gasteiger partial charge on any atom is -0.478 e. The van der Waals surface area contributed by atoms with Crippen LogP contribution in [0.15, 0.2) is 35.5 Å². The first-order valence-corrected chi connectivity index (χ1v) is 7.40. The summed E-state index contributed by atoms with van der Waals surface area (Å²) in [5.74, 6) is -2.58. The lowest BCUT2D eigenvalue weighted by Crippen LogP contribution is -2.16. The number of sulfonamides is 1. The molecule has 0 fully saturated rings. The fourth-order valence-electron chi connectivity index (χ4n) is 1.69. The Bertz CT molecular complexity index is 786. The number of nitrogens with zero attached hydrogens (tertiary/aromatic N) is 2. The summed E-state index contributed by atoms with van der Waals surface area (Å²) >= 11 is 0. The molecule has 0 radical (unpaired) electrons. The average molecular weight is 313 g/mol. The first-order chi connectivity index (χ1) is 9.85. The number of carboxylic acid groups (broad SMARTS) is 1. The molecule has 1 aromatic heterocycles. The van der Waals surface area contributed by atoms with Gasteiger partial charge in [-0.05, 0) is 19.1 Å². The van der Waals surface area contributed by atoms with Crippen LogP contribution in [0.3, 0.4) is 0 Å². The lowest BCUT2D eigenvalue weighted by atomic mass is 10.2. The van der Waals surface area contributed by atoms with Gasteiger partial charge in [-0.15, -0.1) is 0 Å². The van der Waals surface area contributed by atoms with Crippen molar-refractivity contribution >= 4 is 21.7 Å². The number of rotatable bonds is 5. The van der Waals surface area contributed by atoms with Crippen LogP contribution in [0.2, 0.25) is 0 Å². The first-order valence-electron chi connectivity index (χ1n) is 5.92. The Hall–Kier alpha value is -2.42. The zero-order valence-electron chi connectivity index (χ0n) is 10.9. The molecule has 0 aliphatic carbocycles. The molecule has 1 heterocycles. The van der Waals surface area contributed by atoms with E-state index in [1.807, 2.05) is 0 Å². The Balaban J connectivity index is 2.42. The predicted octanol–water partition coefficient (Wildman–Crippen LogP) is 1.54. The van der Waals surface area contributed by atoms with Crippen LogP contribution in [0.4, 0.5) is 10.1 Å². The Kier molecular flexibility index (Phi) is 3.94. The second-order valence-corrected chi connectivity index (χ2v) is 5.79. The van der Waals surface area contributed by atoms with Gasteiger partial charge >= 0.3 is 5.97 Å². The van der Waals surface area contributed by atoms with Crippen LogP contribution >= 0.6 is 0 Å². The number of halogens is 1. The SMILES string of the molecule is CCn1cc(S(=O)(=O)Nc2cccc(F)c2C(=O)O)cn1. The van der Waals surface area contributed by atoms with Crippen molar-refractivity contribution in [2.75, 3.05) is 4.72 Å². The van der Waals surface area contributed by atoms with E-state index in [2.05, 4.69) is 9.82 Å². The predicted molar refractivity (Wildman–Crippen MR) is 72.1 cm³/mol. The van der Waals surface area contributed by atoms with Gasteiger partial charge < -0.3 is 5.11 Å². The molecule has 1 aromatic carbocycles. The van der Waals surface area contributed by atoms with Crippen molar-refractivity contribution in [1.29, 1.82) is 0 Å². The van der Waals surface area contributed by atoms with E-state index in [0.717, 1.165) is 12.3 Å². The summed E-state index contributed by atoms with van der Waals surface area (Å²) in [4.78, 5) is 10.9. The summed E-state index contributed by atoms with van der Waals surface area (Å²) in [6.07, 6.45) is 2.42. The standard InChI is InChI=1S/C12H12FN3O4S/c1-2-16-7-8(6-14-16)21(19,20)15-10-5-3-4-9(13)11(10)12(17)18/h3-7,15H,2H2,1H3,(H,17,18). The van der Waals surface area contributed by atoms with Crippen LogP contribution in [0, 0.1) is 5.82 Å². The Morgan fingerprint density at radius 3 is 2.76 bits per heavy atom. The third-order valence-corrected chi connectivity index (χ3v) is 4.04. The zero-order chi connectivity index (χ0) is 15.6. The number of nitrogens with one attached hydrogen (secondary N) is 1. The van der Waals surface area contributed by atoms with E-state index < -0.39 is 27.4 Å². The molecule has 7 nitrogen and oxygen atoms in total. The van der Waals surface area contributed by atoms with Crippen LogP contribution < -0.4 is 4.72 Å². The van der Waals surface area contributed by atoms with Crippen molar-refractivity contribution in [3.05, 3.63) is 42.0 Å². The van der Waals surface area contributed by atoms with Gasteiger partial charge in [0.25, 0.3) is 10.0 Å². The third-order valence-electron chi connectivity index (χ3n) is 2.72. The number of anilines is 1. The summed E-state index contributed by atoms with van der Waals surface area (Å²) in [5.41, 5.74) is -1.07. The van der Waals surface area contributed by atoms with Gasteiger partial charge in [-0.25, -0.2) is 17.6 Å². The fourth-order valence-corrected chi connectivity index (χ4v) is 2.71. The zero-order valence-corrected chi connectivity index (χ0v) is 11.8. The molecule has 0 atom stereocenters. The van der Waals surface area contributed by atoms with E-state index in [9.17, 15) is 17.6 Å². The molecule has 9 heteroatoms. The Morgan fingerprint density at radius 1 is 1.48 bits per heavy atom.